The predicted octanol–water partition coefficient (Wildman–Crippen LogP) is 0.103. The molecule has 2 N–H and O–H groups in total. The summed E-state index contributed by atoms with van der Waals surface area (Å²) >= 11 is 6.18. The number of rotatable bonds is 3. The lowest BCUT2D eigenvalue weighted by molar-refractivity contribution is -0.955. The van der Waals surface area contributed by atoms with E-state index in [1.807, 2.05) is 9.80 Å². The molecule has 0 saturated carbocycles. The van der Waals surface area contributed by atoms with Gasteiger partial charge in [-0.2, -0.15) is 0 Å². The van der Waals surface area contributed by atoms with Gasteiger partial charge in [-0.05, 0) is 32.1 Å². The molecule has 3 aliphatic rings. The number of hydrogen-bond donors (Lipinski definition) is 2. The number of halogens is 1. The largest absolute Gasteiger partial charge is 0.330 e. The Kier molecular flexibility index (Phi) is 4.27. The molecular weight excluding hydrogens is 244 g/mol. The van der Waals surface area contributed by atoms with Crippen molar-refractivity contribution in [3.05, 3.63) is 11.1 Å². The molecule has 3 atom stereocenters. The Labute approximate surface area is 116 Å². The molecule has 2 saturated heterocycles. The summed E-state index contributed by atoms with van der Waals surface area (Å²) in [6, 6.07) is 0. The fourth-order valence-corrected chi connectivity index (χ4v) is 4.43. The van der Waals surface area contributed by atoms with E-state index in [9.17, 15) is 0 Å². The van der Waals surface area contributed by atoms with E-state index < -0.39 is 0 Å². The van der Waals surface area contributed by atoms with Gasteiger partial charge in [0, 0.05) is 16.9 Å². The van der Waals surface area contributed by atoms with Crippen molar-refractivity contribution in [2.45, 2.75) is 32.1 Å². The van der Waals surface area contributed by atoms with Gasteiger partial charge in [0.1, 0.15) is 13.1 Å². The van der Waals surface area contributed by atoms with E-state index in [2.05, 4.69) is 6.08 Å². The smallest absolute Gasteiger partial charge is 0.127 e. The van der Waals surface area contributed by atoms with Gasteiger partial charge >= 0.3 is 0 Å². The Morgan fingerprint density at radius 2 is 1.72 bits per heavy atom. The minimum atomic E-state index is 0.883. The number of nitrogens with one attached hydrogen (secondary N) is 2. The first-order valence-electron chi connectivity index (χ1n) is 7.83. The highest BCUT2D eigenvalue weighted by molar-refractivity contribution is 6.29. The van der Waals surface area contributed by atoms with Gasteiger partial charge in [0.05, 0.1) is 26.2 Å². The zero-order chi connectivity index (χ0) is 12.4. The number of quaternary nitrogens is 2. The van der Waals surface area contributed by atoms with Crippen LogP contribution in [-0.4, -0.2) is 39.3 Å². The highest BCUT2D eigenvalue weighted by atomic mass is 35.5. The molecule has 2 aliphatic heterocycles. The van der Waals surface area contributed by atoms with E-state index in [0.717, 1.165) is 23.3 Å². The molecular formula is C15H27ClN2+2. The second-order valence-electron chi connectivity index (χ2n) is 6.58. The molecule has 2 heterocycles. The van der Waals surface area contributed by atoms with Crippen molar-refractivity contribution in [1.29, 1.82) is 0 Å². The number of hydrogen-bond acceptors (Lipinski definition) is 0. The van der Waals surface area contributed by atoms with Crippen LogP contribution < -0.4 is 9.80 Å². The van der Waals surface area contributed by atoms with Gasteiger partial charge in [-0.15, -0.1) is 0 Å². The van der Waals surface area contributed by atoms with Gasteiger partial charge in [-0.25, -0.2) is 0 Å². The second kappa shape index (κ2) is 5.94. The Morgan fingerprint density at radius 3 is 2.56 bits per heavy atom. The van der Waals surface area contributed by atoms with Gasteiger partial charge in [0.25, 0.3) is 0 Å². The van der Waals surface area contributed by atoms with Crippen molar-refractivity contribution in [2.24, 2.45) is 11.8 Å². The summed E-state index contributed by atoms with van der Waals surface area (Å²) in [6.45, 7) is 8.41. The molecule has 0 aromatic carbocycles. The average Bonchev–Trinajstić information content (AvgIpc) is 2.79. The average molecular weight is 271 g/mol. The highest BCUT2D eigenvalue weighted by Crippen LogP contribution is 2.31. The van der Waals surface area contributed by atoms with Crippen LogP contribution in [0.1, 0.15) is 32.1 Å². The van der Waals surface area contributed by atoms with Crippen molar-refractivity contribution in [2.75, 3.05) is 39.3 Å². The first kappa shape index (κ1) is 13.0. The highest BCUT2D eigenvalue weighted by Gasteiger charge is 2.38. The Bertz CT molecular complexity index is 310. The van der Waals surface area contributed by atoms with Crippen LogP contribution in [0.3, 0.4) is 0 Å². The van der Waals surface area contributed by atoms with Crippen LogP contribution in [0.5, 0.6) is 0 Å². The molecule has 2 nitrogen and oxygen atoms in total. The molecule has 3 heteroatoms. The summed E-state index contributed by atoms with van der Waals surface area (Å²) in [5.41, 5.74) is 0. The van der Waals surface area contributed by atoms with Crippen LogP contribution in [-0.2, 0) is 0 Å². The van der Waals surface area contributed by atoms with Gasteiger partial charge in [-0.1, -0.05) is 17.7 Å². The molecule has 18 heavy (non-hydrogen) atoms. The SMILES string of the molecule is ClC1=CC[C@@H]2C[NH+](CC[NH+]3CCCCC3)C[C@H]2C1. The minimum Gasteiger partial charge on any atom is -0.330 e. The van der Waals surface area contributed by atoms with Crippen molar-refractivity contribution in [3.8, 4) is 0 Å². The monoisotopic (exact) mass is 270 g/mol. The third kappa shape index (κ3) is 3.09. The predicted molar refractivity (Wildman–Crippen MR) is 75.1 cm³/mol. The molecule has 0 bridgehead atoms. The van der Waals surface area contributed by atoms with Gasteiger partial charge < -0.3 is 9.80 Å². The molecule has 0 aromatic rings. The van der Waals surface area contributed by atoms with Crippen LogP contribution in [0.4, 0.5) is 0 Å². The van der Waals surface area contributed by atoms with Crippen LogP contribution in [0, 0.1) is 11.8 Å². The fraction of sp³-hybridized carbons (Fsp3) is 0.867. The van der Waals surface area contributed by atoms with Crippen molar-refractivity contribution in [1.82, 2.24) is 0 Å². The third-order valence-electron chi connectivity index (χ3n) is 5.26. The standard InChI is InChI=1S/C15H25ClN2/c16-15-5-4-13-11-18(12-14(13)10-15)9-8-17-6-2-1-3-7-17/h5,13-14H,1-4,6-12H2/p+2/t13-,14-/m1/s1. The summed E-state index contributed by atoms with van der Waals surface area (Å²) in [7, 11) is 0. The maximum atomic E-state index is 6.18. The number of piperidine rings is 1. The maximum absolute atomic E-state index is 6.18. The summed E-state index contributed by atoms with van der Waals surface area (Å²) in [5, 5.41) is 1.12. The normalized spacial score (nSPS) is 37.4. The zero-order valence-corrected chi connectivity index (χ0v) is 12.1. The molecule has 0 spiro atoms. The summed E-state index contributed by atoms with van der Waals surface area (Å²) in [4.78, 5) is 3.71. The molecule has 1 aliphatic carbocycles. The molecule has 3 rings (SSSR count). The molecule has 0 radical (unpaired) electrons. The molecule has 2 fully saturated rings. The van der Waals surface area contributed by atoms with E-state index >= 15 is 0 Å². The summed E-state index contributed by atoms with van der Waals surface area (Å²) < 4.78 is 0. The lowest BCUT2D eigenvalue weighted by Gasteiger charge is -2.24. The van der Waals surface area contributed by atoms with Crippen molar-refractivity contribution >= 4 is 11.6 Å². The Hall–Kier alpha value is -0.0500. The Balaban J connectivity index is 1.43. The molecule has 102 valence electrons. The minimum absolute atomic E-state index is 0.883. The van der Waals surface area contributed by atoms with Crippen molar-refractivity contribution < 1.29 is 9.80 Å². The first-order chi connectivity index (χ1) is 8.81. The lowest BCUT2D eigenvalue weighted by atomic mass is 9.86. The van der Waals surface area contributed by atoms with E-state index in [-0.39, 0.29) is 0 Å². The number of likely N-dealkylation sites (tertiary alicyclic amines) is 2. The van der Waals surface area contributed by atoms with E-state index in [0.29, 0.717) is 0 Å². The van der Waals surface area contributed by atoms with E-state index in [1.165, 1.54) is 65.0 Å². The molecule has 0 aromatic heterocycles. The van der Waals surface area contributed by atoms with E-state index in [4.69, 9.17) is 11.6 Å². The second-order valence-corrected chi connectivity index (χ2v) is 7.07. The quantitative estimate of drug-likeness (QED) is 0.720. The topological polar surface area (TPSA) is 8.88 Å². The summed E-state index contributed by atoms with van der Waals surface area (Å²) in [5.74, 6) is 1.81. The van der Waals surface area contributed by atoms with E-state index in [1.54, 1.807) is 0 Å². The maximum Gasteiger partial charge on any atom is 0.127 e. The third-order valence-corrected chi connectivity index (χ3v) is 5.57. The van der Waals surface area contributed by atoms with Gasteiger partial charge in [0.15, 0.2) is 0 Å². The van der Waals surface area contributed by atoms with Crippen molar-refractivity contribution in [3.63, 3.8) is 0 Å². The number of fused-ring (bicyclic) bond motifs is 1. The summed E-state index contributed by atoms with van der Waals surface area (Å²) in [6.07, 6.45) is 9.04. The first-order valence-corrected chi connectivity index (χ1v) is 8.21. The molecule has 1 unspecified atom stereocenters. The van der Waals surface area contributed by atoms with Crippen LogP contribution in [0.15, 0.2) is 11.1 Å². The fourth-order valence-electron chi connectivity index (χ4n) is 4.15. The lowest BCUT2D eigenvalue weighted by Crippen LogP contribution is -3.20. The Morgan fingerprint density at radius 1 is 1.00 bits per heavy atom. The molecule has 0 amide bonds. The van der Waals surface area contributed by atoms with Gasteiger partial charge in [0.2, 0.25) is 0 Å². The number of allylic oxidation sites excluding steroid dienone is 2. The zero-order valence-electron chi connectivity index (χ0n) is 11.4. The van der Waals surface area contributed by atoms with Crippen LogP contribution in [0.2, 0.25) is 0 Å². The van der Waals surface area contributed by atoms with Crippen LogP contribution >= 0.6 is 11.6 Å². The van der Waals surface area contributed by atoms with Crippen LogP contribution in [0.25, 0.3) is 0 Å². The van der Waals surface area contributed by atoms with Gasteiger partial charge in [-0.3, -0.25) is 0 Å².